The first-order valence-electron chi connectivity index (χ1n) is 14.2. The molecular formula is C31H39N5O3. The summed E-state index contributed by atoms with van der Waals surface area (Å²) in [4.78, 5) is 39.1. The summed E-state index contributed by atoms with van der Waals surface area (Å²) >= 11 is 0. The third-order valence-corrected chi connectivity index (χ3v) is 8.42. The molecule has 2 amide bonds. The van der Waals surface area contributed by atoms with E-state index in [0.29, 0.717) is 18.0 Å². The van der Waals surface area contributed by atoms with E-state index >= 15 is 0 Å². The molecule has 5 rings (SSSR count). The number of aryl methyl sites for hydroxylation is 1. The summed E-state index contributed by atoms with van der Waals surface area (Å²) in [5.41, 5.74) is 2.11. The van der Waals surface area contributed by atoms with Crippen molar-refractivity contribution < 1.29 is 14.0 Å². The third kappa shape index (κ3) is 6.92. The molecule has 0 bridgehead atoms. The number of likely N-dealkylation sites (tertiary alicyclic amines) is 1. The van der Waals surface area contributed by atoms with Gasteiger partial charge in [0.25, 0.3) is 5.91 Å². The van der Waals surface area contributed by atoms with Crippen molar-refractivity contribution >= 4 is 23.3 Å². The first-order valence-corrected chi connectivity index (χ1v) is 14.2. The van der Waals surface area contributed by atoms with Crippen molar-refractivity contribution in [3.63, 3.8) is 0 Å². The highest BCUT2D eigenvalue weighted by Gasteiger charge is 2.36. The SMILES string of the molecule is Cc1ccc(N(C(=O)c2ccco2)C2CCN(CCC3(CC(=O)Nc4cnccn4)CCCCC3)CC2)cc1. The Hall–Kier alpha value is -3.52. The fourth-order valence-electron chi connectivity index (χ4n) is 6.22. The van der Waals surface area contributed by atoms with E-state index in [1.54, 1.807) is 37.0 Å². The highest BCUT2D eigenvalue weighted by Crippen LogP contribution is 2.43. The largest absolute Gasteiger partial charge is 0.459 e. The predicted octanol–water partition coefficient (Wildman–Crippen LogP) is 5.86. The lowest BCUT2D eigenvalue weighted by atomic mass is 9.69. The molecule has 8 nitrogen and oxygen atoms in total. The van der Waals surface area contributed by atoms with Crippen LogP contribution in [0.2, 0.25) is 0 Å². The highest BCUT2D eigenvalue weighted by atomic mass is 16.3. The first kappa shape index (κ1) is 27.1. The number of anilines is 2. The second kappa shape index (κ2) is 12.6. The molecule has 0 unspecified atom stereocenters. The Morgan fingerprint density at radius 2 is 1.85 bits per heavy atom. The topological polar surface area (TPSA) is 91.6 Å². The maximum Gasteiger partial charge on any atom is 0.294 e. The molecule has 2 aromatic heterocycles. The van der Waals surface area contributed by atoms with Crippen molar-refractivity contribution in [2.24, 2.45) is 5.41 Å². The van der Waals surface area contributed by atoms with Gasteiger partial charge in [0.1, 0.15) is 0 Å². The molecule has 2 aliphatic rings. The van der Waals surface area contributed by atoms with Crippen LogP contribution in [-0.4, -0.2) is 52.4 Å². The van der Waals surface area contributed by atoms with E-state index in [1.165, 1.54) is 24.8 Å². The van der Waals surface area contributed by atoms with Gasteiger partial charge < -0.3 is 19.5 Å². The van der Waals surface area contributed by atoms with E-state index in [9.17, 15) is 9.59 Å². The fraction of sp³-hybridized carbons (Fsp3) is 0.484. The van der Waals surface area contributed by atoms with E-state index in [4.69, 9.17) is 4.42 Å². The quantitative estimate of drug-likeness (QED) is 0.373. The summed E-state index contributed by atoms with van der Waals surface area (Å²) in [6, 6.07) is 11.8. The predicted molar refractivity (Wildman–Crippen MR) is 152 cm³/mol. The number of rotatable bonds is 9. The molecule has 0 atom stereocenters. The van der Waals surface area contributed by atoms with Crippen molar-refractivity contribution in [2.45, 2.75) is 70.8 Å². The number of furan rings is 1. The Balaban J connectivity index is 1.20. The first-order chi connectivity index (χ1) is 19.0. The van der Waals surface area contributed by atoms with Gasteiger partial charge in [-0.3, -0.25) is 14.6 Å². The van der Waals surface area contributed by atoms with Crippen LogP contribution in [0.15, 0.2) is 65.7 Å². The van der Waals surface area contributed by atoms with E-state index in [1.807, 2.05) is 17.0 Å². The van der Waals surface area contributed by atoms with Crippen molar-refractivity contribution in [1.82, 2.24) is 14.9 Å². The molecular weight excluding hydrogens is 490 g/mol. The summed E-state index contributed by atoms with van der Waals surface area (Å²) in [6.45, 7) is 4.89. The summed E-state index contributed by atoms with van der Waals surface area (Å²) in [5.74, 6) is 0.827. The van der Waals surface area contributed by atoms with Crippen molar-refractivity contribution in [3.8, 4) is 0 Å². The van der Waals surface area contributed by atoms with Gasteiger partial charge in [-0.05, 0) is 75.3 Å². The molecule has 3 heterocycles. The van der Waals surface area contributed by atoms with Crippen LogP contribution in [0.4, 0.5) is 11.5 Å². The Labute approximate surface area is 230 Å². The van der Waals surface area contributed by atoms with Crippen LogP contribution in [-0.2, 0) is 4.79 Å². The Kier molecular flexibility index (Phi) is 8.71. The number of aromatic nitrogens is 2. The number of hydrogen-bond acceptors (Lipinski definition) is 6. The molecule has 1 aromatic carbocycles. The highest BCUT2D eigenvalue weighted by molar-refractivity contribution is 6.04. The normalized spacial score (nSPS) is 18.0. The minimum atomic E-state index is -0.0856. The number of nitrogens with zero attached hydrogens (tertiary/aromatic N) is 4. The standard InChI is InChI=1S/C31H39N5O3/c1-24-7-9-25(10-8-24)36(30(38)27-6-5-21-39-27)26-11-18-35(19-12-26)20-15-31(13-3-2-4-14-31)22-29(37)34-28-23-32-16-17-33-28/h5-10,16-17,21,23,26H,2-4,11-15,18-20,22H2,1H3,(H,33,34,37). The van der Waals surface area contributed by atoms with Crippen LogP contribution in [0.1, 0.15) is 73.9 Å². The molecule has 8 heteroatoms. The fourth-order valence-corrected chi connectivity index (χ4v) is 6.22. The molecule has 1 saturated carbocycles. The number of piperidine rings is 1. The van der Waals surface area contributed by atoms with Gasteiger partial charge in [0.05, 0.1) is 12.5 Å². The van der Waals surface area contributed by atoms with Crippen LogP contribution in [0.25, 0.3) is 0 Å². The molecule has 206 valence electrons. The maximum atomic E-state index is 13.5. The number of benzene rings is 1. The minimum absolute atomic E-state index is 0.0290. The van der Waals surface area contributed by atoms with Gasteiger partial charge in [-0.2, -0.15) is 0 Å². The van der Waals surface area contributed by atoms with Gasteiger partial charge >= 0.3 is 0 Å². The Bertz CT molecular complexity index is 1200. The van der Waals surface area contributed by atoms with Crippen LogP contribution >= 0.6 is 0 Å². The van der Waals surface area contributed by atoms with E-state index in [-0.39, 0.29) is 23.3 Å². The average Bonchev–Trinajstić information content (AvgIpc) is 3.50. The number of carbonyl (C=O) groups excluding carboxylic acids is 2. The molecule has 3 aromatic rings. The zero-order chi connectivity index (χ0) is 27.1. The van der Waals surface area contributed by atoms with Crippen LogP contribution in [0, 0.1) is 12.3 Å². The number of nitrogens with one attached hydrogen (secondary N) is 1. The van der Waals surface area contributed by atoms with Crippen LogP contribution < -0.4 is 10.2 Å². The third-order valence-electron chi connectivity index (χ3n) is 8.42. The van der Waals surface area contributed by atoms with E-state index in [2.05, 4.69) is 39.2 Å². The zero-order valence-electron chi connectivity index (χ0n) is 22.8. The van der Waals surface area contributed by atoms with Gasteiger partial charge in [0.2, 0.25) is 5.91 Å². The number of hydrogen-bond donors (Lipinski definition) is 1. The second-order valence-corrected chi connectivity index (χ2v) is 11.2. The lowest BCUT2D eigenvalue weighted by molar-refractivity contribution is -0.119. The monoisotopic (exact) mass is 529 g/mol. The molecule has 1 saturated heterocycles. The van der Waals surface area contributed by atoms with Crippen molar-refractivity contribution in [2.75, 3.05) is 29.9 Å². The molecule has 0 radical (unpaired) electrons. The van der Waals surface area contributed by atoms with Gasteiger partial charge in [-0.15, -0.1) is 0 Å². The Morgan fingerprint density at radius 1 is 1.08 bits per heavy atom. The summed E-state index contributed by atoms with van der Waals surface area (Å²) in [5, 5.41) is 2.94. The number of amides is 2. The lowest BCUT2D eigenvalue weighted by Crippen LogP contribution is -2.48. The average molecular weight is 530 g/mol. The second-order valence-electron chi connectivity index (χ2n) is 11.2. The minimum Gasteiger partial charge on any atom is -0.459 e. The van der Waals surface area contributed by atoms with Crippen LogP contribution in [0.5, 0.6) is 0 Å². The summed E-state index contributed by atoms with van der Waals surface area (Å²) in [6.07, 6.45) is 15.5. The summed E-state index contributed by atoms with van der Waals surface area (Å²) < 4.78 is 5.48. The lowest BCUT2D eigenvalue weighted by Gasteiger charge is -2.41. The molecule has 39 heavy (non-hydrogen) atoms. The van der Waals surface area contributed by atoms with E-state index in [0.717, 1.165) is 57.4 Å². The van der Waals surface area contributed by atoms with Crippen molar-refractivity contribution in [3.05, 3.63) is 72.6 Å². The molecule has 0 spiro atoms. The van der Waals surface area contributed by atoms with Crippen LogP contribution in [0.3, 0.4) is 0 Å². The molecule has 1 N–H and O–H groups in total. The number of carbonyl (C=O) groups is 2. The smallest absolute Gasteiger partial charge is 0.294 e. The van der Waals surface area contributed by atoms with Crippen molar-refractivity contribution in [1.29, 1.82) is 0 Å². The van der Waals surface area contributed by atoms with Gasteiger partial charge in [-0.25, -0.2) is 4.98 Å². The molecule has 1 aliphatic carbocycles. The molecule has 2 fully saturated rings. The summed E-state index contributed by atoms with van der Waals surface area (Å²) in [7, 11) is 0. The van der Waals surface area contributed by atoms with Gasteiger partial charge in [0.15, 0.2) is 11.6 Å². The molecule has 1 aliphatic heterocycles. The Morgan fingerprint density at radius 3 is 2.51 bits per heavy atom. The van der Waals surface area contributed by atoms with Gasteiger partial charge in [-0.1, -0.05) is 37.0 Å². The zero-order valence-corrected chi connectivity index (χ0v) is 22.8. The van der Waals surface area contributed by atoms with Gasteiger partial charge in [0, 0.05) is 43.6 Å². The maximum absolute atomic E-state index is 13.5. The van der Waals surface area contributed by atoms with E-state index < -0.39 is 0 Å².